The zero-order valence-electron chi connectivity index (χ0n) is 10.6. The lowest BCUT2D eigenvalue weighted by Gasteiger charge is -2.20. The summed E-state index contributed by atoms with van der Waals surface area (Å²) in [6.45, 7) is 3.49. The molecule has 0 atom stereocenters. The largest absolute Gasteiger partial charge is 0.447 e. The Morgan fingerprint density at radius 2 is 1.88 bits per heavy atom. The highest BCUT2D eigenvalue weighted by Crippen LogP contribution is 2.14. The average molecular weight is 279 g/mol. The summed E-state index contributed by atoms with van der Waals surface area (Å²) in [7, 11) is 3.10. The van der Waals surface area contributed by atoms with E-state index in [1.54, 1.807) is 20.9 Å². The molecule has 17 heavy (non-hydrogen) atoms. The van der Waals surface area contributed by atoms with E-state index in [4.69, 9.17) is 0 Å². The summed E-state index contributed by atoms with van der Waals surface area (Å²) in [5.74, 6) is -0.0709. The van der Waals surface area contributed by atoms with Gasteiger partial charge in [0.2, 0.25) is 5.91 Å². The van der Waals surface area contributed by atoms with Crippen LogP contribution in [0.5, 0.6) is 0 Å². The Morgan fingerprint density at radius 3 is 2.35 bits per heavy atom. The Hall–Kier alpha value is -0.890. The predicted molar refractivity (Wildman–Crippen MR) is 71.5 cm³/mol. The van der Waals surface area contributed by atoms with Crippen LogP contribution in [0.3, 0.4) is 0 Å². The van der Waals surface area contributed by atoms with E-state index in [2.05, 4.69) is 9.99 Å². The van der Waals surface area contributed by atoms with Crippen LogP contribution in [0.2, 0.25) is 0 Å². The number of thioether (sulfide) groups is 1. The van der Waals surface area contributed by atoms with E-state index in [1.165, 1.54) is 27.4 Å². The van der Waals surface area contributed by atoms with Gasteiger partial charge in [0.25, 0.3) is 0 Å². The molecule has 2 amide bonds. The van der Waals surface area contributed by atoms with Gasteiger partial charge in [-0.3, -0.25) is 13.9 Å². The van der Waals surface area contributed by atoms with E-state index in [1.807, 2.05) is 6.26 Å². The van der Waals surface area contributed by atoms with Gasteiger partial charge in [-0.15, -0.1) is 11.8 Å². The molecule has 0 aromatic carbocycles. The van der Waals surface area contributed by atoms with E-state index in [0.29, 0.717) is 11.5 Å². The van der Waals surface area contributed by atoms with Crippen molar-refractivity contribution >= 4 is 40.9 Å². The molecule has 0 aliphatic rings. The van der Waals surface area contributed by atoms with Gasteiger partial charge in [0.05, 0.1) is 12.1 Å². The Labute approximate surface area is 110 Å². The first kappa shape index (κ1) is 16.1. The number of carbonyl (C=O) groups excluding carboxylic acids is 2. The van der Waals surface area contributed by atoms with Gasteiger partial charge in [-0.05, 0) is 13.2 Å². The summed E-state index contributed by atoms with van der Waals surface area (Å²) in [6.07, 6.45) is 1.59. The van der Waals surface area contributed by atoms with E-state index >= 15 is 0 Å². The third-order valence-corrected chi connectivity index (χ3v) is 3.21. The maximum Gasteiger partial charge on any atom is 0.447 e. The lowest BCUT2D eigenvalue weighted by Crippen LogP contribution is -2.28. The minimum absolute atomic E-state index is 0.0709. The molecule has 0 aromatic rings. The summed E-state index contributed by atoms with van der Waals surface area (Å²) < 4.78 is 2.57. The molecule has 0 unspecified atom stereocenters. The topological polar surface area (TPSA) is 62.2 Å². The zero-order valence-corrected chi connectivity index (χ0v) is 12.2. The quantitative estimate of drug-likeness (QED) is 0.259. The van der Waals surface area contributed by atoms with Crippen LogP contribution < -0.4 is 0 Å². The fourth-order valence-electron chi connectivity index (χ4n) is 0.683. The molecule has 8 heteroatoms. The average Bonchev–Trinajstić information content (AvgIpc) is 2.33. The fraction of sp³-hybridized carbons (Fsp3) is 0.667. The molecule has 0 spiro atoms. The van der Waals surface area contributed by atoms with E-state index in [0.717, 1.165) is 12.1 Å². The minimum atomic E-state index is -0.626. The molecule has 0 fully saturated rings. The van der Waals surface area contributed by atoms with Crippen LogP contribution in [-0.4, -0.2) is 46.0 Å². The predicted octanol–water partition coefficient (Wildman–Crippen LogP) is 2.18. The number of carbonyl (C=O) groups is 2. The monoisotopic (exact) mass is 279 g/mol. The molecule has 0 bridgehead atoms. The van der Waals surface area contributed by atoms with Crippen molar-refractivity contribution in [1.82, 2.24) is 8.61 Å². The normalized spacial score (nSPS) is 11.0. The maximum absolute atomic E-state index is 11.4. The van der Waals surface area contributed by atoms with Crippen LogP contribution in [0.15, 0.2) is 5.16 Å². The van der Waals surface area contributed by atoms with E-state index in [9.17, 15) is 9.59 Å². The number of amides is 2. The molecule has 0 N–H and O–H groups in total. The first-order valence-electron chi connectivity index (χ1n) is 4.90. The van der Waals surface area contributed by atoms with Gasteiger partial charge < -0.3 is 0 Å². The van der Waals surface area contributed by atoms with Crippen LogP contribution in [0, 0.1) is 0 Å². The van der Waals surface area contributed by atoms with Crippen LogP contribution in [0.1, 0.15) is 20.3 Å². The first-order valence-corrected chi connectivity index (χ1v) is 6.85. The highest BCUT2D eigenvalue weighted by Gasteiger charge is 2.16. The van der Waals surface area contributed by atoms with Gasteiger partial charge in [0, 0.05) is 20.5 Å². The molecule has 0 aromatic heterocycles. The van der Waals surface area contributed by atoms with Crippen molar-refractivity contribution in [2.45, 2.75) is 20.3 Å². The van der Waals surface area contributed by atoms with Crippen molar-refractivity contribution in [3.05, 3.63) is 0 Å². The summed E-state index contributed by atoms with van der Waals surface area (Å²) in [5, 5.41) is 4.26. The molecule has 0 aliphatic carbocycles. The Bertz CT molecular complexity index is 310. The van der Waals surface area contributed by atoms with Crippen molar-refractivity contribution in [1.29, 1.82) is 0 Å². The van der Waals surface area contributed by atoms with E-state index in [-0.39, 0.29) is 5.91 Å². The van der Waals surface area contributed by atoms with Crippen molar-refractivity contribution in [3.63, 3.8) is 0 Å². The highest BCUT2D eigenvalue weighted by molar-refractivity contribution is 8.13. The van der Waals surface area contributed by atoms with Crippen LogP contribution in [-0.2, 0) is 9.63 Å². The fourth-order valence-corrected chi connectivity index (χ4v) is 1.48. The lowest BCUT2D eigenvalue weighted by atomic mass is 10.5. The standard InChI is InChI=1S/C9H17N3O3S2/c1-6-8(13)11(3)17-12(4)9(14)15-10-7(2)16-5/h6H2,1-5H3/b10-7+. The summed E-state index contributed by atoms with van der Waals surface area (Å²) in [6, 6.07) is 0. The molecule has 0 rings (SSSR count). The second kappa shape index (κ2) is 8.24. The molecule has 0 radical (unpaired) electrons. The molecular formula is C9H17N3O3S2. The molecule has 6 nitrogen and oxygen atoms in total. The maximum atomic E-state index is 11.4. The van der Waals surface area contributed by atoms with Gasteiger partial charge in [0.15, 0.2) is 0 Å². The first-order chi connectivity index (χ1) is 7.92. The molecular weight excluding hydrogens is 262 g/mol. The molecule has 0 heterocycles. The second-order valence-electron chi connectivity index (χ2n) is 3.00. The summed E-state index contributed by atoms with van der Waals surface area (Å²) in [4.78, 5) is 27.4. The van der Waals surface area contributed by atoms with Crippen molar-refractivity contribution in [2.24, 2.45) is 5.16 Å². The summed E-state index contributed by atoms with van der Waals surface area (Å²) in [5.41, 5.74) is 0. The second-order valence-corrected chi connectivity index (χ2v) is 5.25. The SMILES string of the molecule is CCC(=O)N(C)SN(C)C(=O)O/N=C(\C)SC. The van der Waals surface area contributed by atoms with Gasteiger partial charge in [-0.25, -0.2) is 9.10 Å². The third-order valence-electron chi connectivity index (χ3n) is 1.70. The Balaban J connectivity index is 4.19. The number of oxime groups is 1. The van der Waals surface area contributed by atoms with Gasteiger partial charge in [0.1, 0.15) is 5.04 Å². The molecule has 0 aliphatic heterocycles. The minimum Gasteiger partial charge on any atom is -0.296 e. The number of nitrogens with zero attached hydrogens (tertiary/aromatic N) is 3. The molecule has 98 valence electrons. The molecule has 0 saturated heterocycles. The van der Waals surface area contributed by atoms with Crippen molar-refractivity contribution < 1.29 is 14.4 Å². The van der Waals surface area contributed by atoms with Crippen molar-refractivity contribution in [2.75, 3.05) is 20.4 Å². The lowest BCUT2D eigenvalue weighted by molar-refractivity contribution is -0.125. The number of hydrogen-bond acceptors (Lipinski definition) is 6. The van der Waals surface area contributed by atoms with Crippen LogP contribution in [0.4, 0.5) is 4.79 Å². The Kier molecular flexibility index (Phi) is 7.81. The van der Waals surface area contributed by atoms with Crippen LogP contribution in [0.25, 0.3) is 0 Å². The number of rotatable bonds is 4. The van der Waals surface area contributed by atoms with Crippen molar-refractivity contribution in [3.8, 4) is 0 Å². The van der Waals surface area contributed by atoms with E-state index < -0.39 is 6.09 Å². The molecule has 0 saturated carbocycles. The Morgan fingerprint density at radius 1 is 1.29 bits per heavy atom. The zero-order chi connectivity index (χ0) is 13.4. The number of hydrogen-bond donors (Lipinski definition) is 0. The smallest absolute Gasteiger partial charge is 0.296 e. The third kappa shape index (κ3) is 6.42. The summed E-state index contributed by atoms with van der Waals surface area (Å²) >= 11 is 2.35. The van der Waals surface area contributed by atoms with Gasteiger partial charge >= 0.3 is 6.09 Å². The van der Waals surface area contributed by atoms with Gasteiger partial charge in [-0.1, -0.05) is 12.1 Å². The van der Waals surface area contributed by atoms with Crippen LogP contribution >= 0.6 is 23.9 Å². The van der Waals surface area contributed by atoms with Gasteiger partial charge in [-0.2, -0.15) is 0 Å². The highest BCUT2D eigenvalue weighted by atomic mass is 32.2.